The fraction of sp³-hybridized carbons (Fsp3) is 0.250. The van der Waals surface area contributed by atoms with Gasteiger partial charge in [-0.1, -0.05) is 35.9 Å². The Morgan fingerprint density at radius 1 is 1.05 bits per heavy atom. The molecule has 0 aliphatic rings. The average Bonchev–Trinajstić information content (AvgIpc) is 2.46. The summed E-state index contributed by atoms with van der Waals surface area (Å²) < 4.78 is 12.7. The normalized spacial score (nSPS) is 12.3. The summed E-state index contributed by atoms with van der Waals surface area (Å²) in [6, 6.07) is 13.6. The van der Waals surface area contributed by atoms with Crippen molar-refractivity contribution in [1.29, 1.82) is 0 Å². The number of hydrogen-bond donors (Lipinski definition) is 2. The Morgan fingerprint density at radius 2 is 1.70 bits per heavy atom. The molecule has 2 nitrogen and oxygen atoms in total. The Kier molecular flexibility index (Phi) is 5.53. The van der Waals surface area contributed by atoms with Gasteiger partial charge in [-0.25, -0.2) is 4.39 Å². The minimum atomic E-state index is -0.555. The van der Waals surface area contributed by atoms with Gasteiger partial charge in [0.25, 0.3) is 0 Å². The van der Waals surface area contributed by atoms with Crippen molar-refractivity contribution >= 4 is 11.6 Å². The Hall–Kier alpha value is -1.42. The monoisotopic (exact) mass is 293 g/mol. The van der Waals surface area contributed by atoms with E-state index in [1.54, 1.807) is 24.3 Å². The summed E-state index contributed by atoms with van der Waals surface area (Å²) in [7, 11) is 0. The number of halogens is 2. The Balaban J connectivity index is 1.72. The molecule has 2 aromatic rings. The quantitative estimate of drug-likeness (QED) is 0.801. The lowest BCUT2D eigenvalue weighted by Crippen LogP contribution is -2.23. The van der Waals surface area contributed by atoms with Crippen molar-refractivity contribution in [3.8, 4) is 0 Å². The summed E-state index contributed by atoms with van der Waals surface area (Å²) in [4.78, 5) is 0. The lowest BCUT2D eigenvalue weighted by molar-refractivity contribution is 0.175. The van der Waals surface area contributed by atoms with Gasteiger partial charge in [0.05, 0.1) is 6.10 Å². The van der Waals surface area contributed by atoms with E-state index in [0.29, 0.717) is 11.6 Å². The van der Waals surface area contributed by atoms with E-state index >= 15 is 0 Å². The fourth-order valence-electron chi connectivity index (χ4n) is 1.93. The highest BCUT2D eigenvalue weighted by Crippen LogP contribution is 2.15. The lowest BCUT2D eigenvalue weighted by Gasteiger charge is -2.12. The molecule has 2 N–H and O–H groups in total. The number of hydrogen-bond acceptors (Lipinski definition) is 2. The molecule has 20 heavy (non-hydrogen) atoms. The number of nitrogens with one attached hydrogen (secondary N) is 1. The topological polar surface area (TPSA) is 32.3 Å². The van der Waals surface area contributed by atoms with E-state index in [1.165, 1.54) is 12.1 Å². The molecule has 1 unspecified atom stereocenters. The van der Waals surface area contributed by atoms with Crippen LogP contribution < -0.4 is 5.32 Å². The molecule has 0 radical (unpaired) electrons. The highest BCUT2D eigenvalue weighted by Gasteiger charge is 2.06. The van der Waals surface area contributed by atoms with Crippen LogP contribution in [-0.4, -0.2) is 18.2 Å². The maximum atomic E-state index is 12.7. The molecule has 2 aromatic carbocycles. The van der Waals surface area contributed by atoms with Crippen LogP contribution in [0.25, 0.3) is 0 Å². The molecular formula is C16H17ClFNO. The minimum Gasteiger partial charge on any atom is -0.387 e. The van der Waals surface area contributed by atoms with Crippen molar-refractivity contribution in [2.24, 2.45) is 0 Å². The molecule has 106 valence electrons. The molecular weight excluding hydrogens is 277 g/mol. The third kappa shape index (κ3) is 4.60. The van der Waals surface area contributed by atoms with Crippen LogP contribution in [0.1, 0.15) is 17.2 Å². The molecule has 0 aromatic heterocycles. The summed E-state index contributed by atoms with van der Waals surface area (Å²) in [5, 5.41) is 13.8. The van der Waals surface area contributed by atoms with Gasteiger partial charge in [0.2, 0.25) is 0 Å². The Bertz CT molecular complexity index is 527. The van der Waals surface area contributed by atoms with Crippen molar-refractivity contribution in [3.63, 3.8) is 0 Å². The van der Waals surface area contributed by atoms with Crippen molar-refractivity contribution in [3.05, 3.63) is 70.5 Å². The zero-order valence-electron chi connectivity index (χ0n) is 11.0. The second-order valence-corrected chi connectivity index (χ2v) is 5.08. The van der Waals surface area contributed by atoms with Crippen LogP contribution >= 0.6 is 11.6 Å². The summed E-state index contributed by atoms with van der Waals surface area (Å²) >= 11 is 5.80. The third-order valence-corrected chi connectivity index (χ3v) is 3.35. The SMILES string of the molecule is OC(CNCCc1ccc(F)cc1)c1ccc(Cl)cc1. The number of benzene rings is 2. The van der Waals surface area contributed by atoms with E-state index in [0.717, 1.165) is 24.1 Å². The molecule has 0 bridgehead atoms. The zero-order valence-corrected chi connectivity index (χ0v) is 11.8. The van der Waals surface area contributed by atoms with Crippen LogP contribution in [0.5, 0.6) is 0 Å². The molecule has 0 amide bonds. The van der Waals surface area contributed by atoms with Gasteiger partial charge < -0.3 is 10.4 Å². The van der Waals surface area contributed by atoms with E-state index in [4.69, 9.17) is 11.6 Å². The van der Waals surface area contributed by atoms with Gasteiger partial charge in [-0.05, 0) is 48.4 Å². The highest BCUT2D eigenvalue weighted by atomic mass is 35.5. The predicted octanol–water partition coefficient (Wildman–Crippen LogP) is 3.34. The first kappa shape index (κ1) is 15.0. The van der Waals surface area contributed by atoms with E-state index < -0.39 is 6.10 Å². The van der Waals surface area contributed by atoms with E-state index in [9.17, 15) is 9.50 Å². The maximum Gasteiger partial charge on any atom is 0.123 e. The molecule has 0 fully saturated rings. The maximum absolute atomic E-state index is 12.7. The van der Waals surface area contributed by atoms with Gasteiger partial charge in [-0.2, -0.15) is 0 Å². The summed E-state index contributed by atoms with van der Waals surface area (Å²) in [6.07, 6.45) is 0.244. The molecule has 0 aliphatic carbocycles. The zero-order chi connectivity index (χ0) is 14.4. The Morgan fingerprint density at radius 3 is 2.35 bits per heavy atom. The fourth-order valence-corrected chi connectivity index (χ4v) is 2.05. The van der Waals surface area contributed by atoms with Gasteiger partial charge in [0, 0.05) is 11.6 Å². The molecule has 4 heteroatoms. The minimum absolute atomic E-state index is 0.222. The van der Waals surface area contributed by atoms with E-state index in [1.807, 2.05) is 12.1 Å². The number of aliphatic hydroxyl groups is 1. The molecule has 0 spiro atoms. The first-order valence-corrected chi connectivity index (χ1v) is 6.91. The van der Waals surface area contributed by atoms with Crippen molar-refractivity contribution in [1.82, 2.24) is 5.32 Å². The molecule has 0 aliphatic heterocycles. The van der Waals surface area contributed by atoms with Crippen LogP contribution in [0.15, 0.2) is 48.5 Å². The van der Waals surface area contributed by atoms with Crippen LogP contribution in [0.2, 0.25) is 5.02 Å². The van der Waals surface area contributed by atoms with Gasteiger partial charge in [0.15, 0.2) is 0 Å². The lowest BCUT2D eigenvalue weighted by atomic mass is 10.1. The highest BCUT2D eigenvalue weighted by molar-refractivity contribution is 6.30. The van der Waals surface area contributed by atoms with Gasteiger partial charge >= 0.3 is 0 Å². The van der Waals surface area contributed by atoms with Crippen molar-refractivity contribution in [2.45, 2.75) is 12.5 Å². The summed E-state index contributed by atoms with van der Waals surface area (Å²) in [5.41, 5.74) is 1.91. The van der Waals surface area contributed by atoms with Crippen LogP contribution in [-0.2, 0) is 6.42 Å². The second kappa shape index (κ2) is 7.39. The Labute approximate surface area is 123 Å². The first-order chi connectivity index (χ1) is 9.65. The first-order valence-electron chi connectivity index (χ1n) is 6.54. The molecule has 2 rings (SSSR count). The molecule has 0 saturated heterocycles. The smallest absolute Gasteiger partial charge is 0.123 e. The largest absolute Gasteiger partial charge is 0.387 e. The van der Waals surface area contributed by atoms with Crippen molar-refractivity contribution in [2.75, 3.05) is 13.1 Å². The number of rotatable bonds is 6. The molecule has 0 saturated carbocycles. The number of aliphatic hydroxyl groups excluding tert-OH is 1. The third-order valence-electron chi connectivity index (χ3n) is 3.10. The van der Waals surface area contributed by atoms with Crippen molar-refractivity contribution < 1.29 is 9.50 Å². The van der Waals surface area contributed by atoms with Gasteiger partial charge in [-0.15, -0.1) is 0 Å². The van der Waals surface area contributed by atoms with Crippen LogP contribution in [0.4, 0.5) is 4.39 Å². The summed E-state index contributed by atoms with van der Waals surface area (Å²) in [6.45, 7) is 1.21. The molecule has 0 heterocycles. The standard InChI is InChI=1S/C16H17ClFNO/c17-14-5-3-13(4-6-14)16(20)11-19-10-9-12-1-7-15(18)8-2-12/h1-8,16,19-20H,9-11H2. The van der Waals surface area contributed by atoms with E-state index in [-0.39, 0.29) is 5.82 Å². The summed E-state index contributed by atoms with van der Waals surface area (Å²) in [5.74, 6) is -0.222. The van der Waals surface area contributed by atoms with Crippen LogP contribution in [0.3, 0.4) is 0 Å². The second-order valence-electron chi connectivity index (χ2n) is 4.65. The molecule has 1 atom stereocenters. The van der Waals surface area contributed by atoms with E-state index in [2.05, 4.69) is 5.32 Å². The van der Waals surface area contributed by atoms with Gasteiger partial charge in [0.1, 0.15) is 5.82 Å². The van der Waals surface area contributed by atoms with Gasteiger partial charge in [-0.3, -0.25) is 0 Å². The average molecular weight is 294 g/mol. The predicted molar refractivity (Wildman–Crippen MR) is 79.4 cm³/mol. The van der Waals surface area contributed by atoms with Crippen LogP contribution in [0, 0.1) is 5.82 Å².